The van der Waals surface area contributed by atoms with Crippen LogP contribution in [-0.2, 0) is 14.3 Å². The van der Waals surface area contributed by atoms with Crippen LogP contribution in [0.15, 0.2) is 24.3 Å². The van der Waals surface area contributed by atoms with Crippen LogP contribution in [0.3, 0.4) is 0 Å². The standard InChI is InChI=1S/C6H11NO2.C4H7NO/c1-4(5(2)7)6(8)9-3;1-3(2)4(5)6/h5H,1,7H2,2-3H3;1H2,2H3,(H2,5,6). The molecule has 0 aromatic heterocycles. The van der Waals surface area contributed by atoms with E-state index in [1.807, 2.05) is 0 Å². The minimum Gasteiger partial charge on any atom is -0.466 e. The molecule has 0 bridgehead atoms. The number of nitrogens with two attached hydrogens (primary N) is 2. The zero-order chi connectivity index (χ0) is 12.6. The van der Waals surface area contributed by atoms with Crippen LogP contribution in [0.2, 0.25) is 0 Å². The molecule has 0 rings (SSSR count). The maximum absolute atomic E-state index is 10.6. The molecular weight excluding hydrogens is 196 g/mol. The predicted octanol–water partition coefficient (Wildman–Crippen LogP) is 0.111. The molecule has 1 unspecified atom stereocenters. The highest BCUT2D eigenvalue weighted by Gasteiger charge is 2.09. The Morgan fingerprint density at radius 1 is 1.33 bits per heavy atom. The highest BCUT2D eigenvalue weighted by Crippen LogP contribution is 1.96. The second-order valence-electron chi connectivity index (χ2n) is 2.95. The molecule has 0 aliphatic rings. The lowest BCUT2D eigenvalue weighted by atomic mass is 10.2. The quantitative estimate of drug-likeness (QED) is 0.515. The number of hydrogen-bond donors (Lipinski definition) is 2. The average molecular weight is 214 g/mol. The molecule has 15 heavy (non-hydrogen) atoms. The lowest BCUT2D eigenvalue weighted by Crippen LogP contribution is -2.23. The monoisotopic (exact) mass is 214 g/mol. The van der Waals surface area contributed by atoms with Crippen molar-refractivity contribution < 1.29 is 14.3 Å². The zero-order valence-electron chi connectivity index (χ0n) is 9.37. The number of ether oxygens (including phenoxy) is 1. The lowest BCUT2D eigenvalue weighted by molar-refractivity contribution is -0.136. The lowest BCUT2D eigenvalue weighted by Gasteiger charge is -2.04. The van der Waals surface area contributed by atoms with Gasteiger partial charge in [-0.3, -0.25) is 4.79 Å². The highest BCUT2D eigenvalue weighted by atomic mass is 16.5. The van der Waals surface area contributed by atoms with E-state index >= 15 is 0 Å². The van der Waals surface area contributed by atoms with Crippen molar-refractivity contribution in [2.24, 2.45) is 11.5 Å². The molecule has 0 aromatic carbocycles. The molecule has 0 aliphatic heterocycles. The maximum atomic E-state index is 10.6. The van der Waals surface area contributed by atoms with Crippen molar-refractivity contribution in [3.8, 4) is 0 Å². The van der Waals surface area contributed by atoms with Gasteiger partial charge in [-0.15, -0.1) is 0 Å². The van der Waals surface area contributed by atoms with Crippen LogP contribution >= 0.6 is 0 Å². The van der Waals surface area contributed by atoms with Gasteiger partial charge in [-0.05, 0) is 13.8 Å². The molecule has 0 saturated carbocycles. The molecule has 0 saturated heterocycles. The summed E-state index contributed by atoms with van der Waals surface area (Å²) in [7, 11) is 1.30. The molecular formula is C10H18N2O3. The number of hydrogen-bond acceptors (Lipinski definition) is 4. The maximum Gasteiger partial charge on any atom is 0.334 e. The fourth-order valence-electron chi connectivity index (χ4n) is 0.317. The van der Waals surface area contributed by atoms with E-state index in [0.717, 1.165) is 0 Å². The minimum absolute atomic E-state index is 0.303. The Kier molecular flexibility index (Phi) is 8.18. The summed E-state index contributed by atoms with van der Waals surface area (Å²) in [6, 6.07) is -0.322. The molecule has 0 radical (unpaired) electrons. The number of rotatable bonds is 3. The Labute approximate surface area is 89.8 Å². The first-order valence-electron chi connectivity index (χ1n) is 4.22. The van der Waals surface area contributed by atoms with Gasteiger partial charge in [0.05, 0.1) is 7.11 Å². The summed E-state index contributed by atoms with van der Waals surface area (Å²) in [5.74, 6) is -0.875. The molecule has 1 amide bonds. The largest absolute Gasteiger partial charge is 0.466 e. The fraction of sp³-hybridized carbons (Fsp3) is 0.400. The second-order valence-corrected chi connectivity index (χ2v) is 2.95. The van der Waals surface area contributed by atoms with Crippen LogP contribution in [0.25, 0.3) is 0 Å². The van der Waals surface area contributed by atoms with Gasteiger partial charge in [0.1, 0.15) is 0 Å². The third-order valence-electron chi connectivity index (χ3n) is 1.42. The summed E-state index contributed by atoms with van der Waals surface area (Å²) in [5, 5.41) is 0. The number of primary amides is 1. The van der Waals surface area contributed by atoms with Gasteiger partial charge in [0.25, 0.3) is 0 Å². The summed E-state index contributed by atoms with van der Waals surface area (Å²) in [6.45, 7) is 9.96. The SMILES string of the molecule is C=C(C(=O)OC)C(C)N.C=C(C)C(N)=O. The summed E-state index contributed by atoms with van der Waals surface area (Å²) < 4.78 is 4.35. The molecule has 86 valence electrons. The van der Waals surface area contributed by atoms with Gasteiger partial charge in [0.2, 0.25) is 5.91 Å². The number of carbonyl (C=O) groups excluding carboxylic acids is 2. The molecule has 0 aromatic rings. The summed E-state index contributed by atoms with van der Waals surface area (Å²) in [5.41, 5.74) is 10.7. The fourth-order valence-corrected chi connectivity index (χ4v) is 0.317. The van der Waals surface area contributed by atoms with Crippen molar-refractivity contribution in [3.63, 3.8) is 0 Å². The van der Waals surface area contributed by atoms with Crippen LogP contribution in [-0.4, -0.2) is 25.0 Å². The van der Waals surface area contributed by atoms with Crippen molar-refractivity contribution in [1.82, 2.24) is 0 Å². The first-order valence-corrected chi connectivity index (χ1v) is 4.22. The smallest absolute Gasteiger partial charge is 0.334 e. The highest BCUT2D eigenvalue weighted by molar-refractivity contribution is 5.90. The van der Waals surface area contributed by atoms with Gasteiger partial charge < -0.3 is 16.2 Å². The number of esters is 1. The van der Waals surface area contributed by atoms with E-state index in [0.29, 0.717) is 11.1 Å². The van der Waals surface area contributed by atoms with Gasteiger partial charge in [-0.2, -0.15) is 0 Å². The van der Waals surface area contributed by atoms with Crippen LogP contribution in [0, 0.1) is 0 Å². The van der Waals surface area contributed by atoms with Crippen molar-refractivity contribution in [2.75, 3.05) is 7.11 Å². The Morgan fingerprint density at radius 2 is 1.67 bits per heavy atom. The molecule has 5 heteroatoms. The first-order chi connectivity index (χ1) is 6.73. The van der Waals surface area contributed by atoms with Crippen molar-refractivity contribution in [3.05, 3.63) is 24.3 Å². The molecule has 0 heterocycles. The van der Waals surface area contributed by atoms with Gasteiger partial charge in [-0.25, -0.2) is 4.79 Å². The number of methoxy groups -OCH3 is 1. The normalized spacial score (nSPS) is 10.4. The minimum atomic E-state index is -0.440. The van der Waals surface area contributed by atoms with Crippen LogP contribution in [0.1, 0.15) is 13.8 Å². The topological polar surface area (TPSA) is 95.4 Å². The Morgan fingerprint density at radius 3 is 1.73 bits per heavy atom. The molecule has 0 aliphatic carbocycles. The van der Waals surface area contributed by atoms with Gasteiger partial charge in [0, 0.05) is 17.2 Å². The Balaban J connectivity index is 0. The van der Waals surface area contributed by atoms with Crippen molar-refractivity contribution in [1.29, 1.82) is 0 Å². The molecule has 0 spiro atoms. The summed E-state index contributed by atoms with van der Waals surface area (Å²) in [6.07, 6.45) is 0. The van der Waals surface area contributed by atoms with Crippen LogP contribution < -0.4 is 11.5 Å². The molecule has 0 fully saturated rings. The van der Waals surface area contributed by atoms with Crippen LogP contribution in [0.4, 0.5) is 0 Å². The Hall–Kier alpha value is -1.62. The third-order valence-corrected chi connectivity index (χ3v) is 1.42. The molecule has 1 atom stereocenters. The summed E-state index contributed by atoms with van der Waals surface area (Å²) >= 11 is 0. The second kappa shape index (κ2) is 7.75. The van der Waals surface area contributed by atoms with E-state index in [-0.39, 0.29) is 6.04 Å². The Bertz CT molecular complexity index is 258. The van der Waals surface area contributed by atoms with E-state index in [1.165, 1.54) is 7.11 Å². The average Bonchev–Trinajstić information content (AvgIpc) is 2.16. The first kappa shape index (κ1) is 15.8. The van der Waals surface area contributed by atoms with Crippen molar-refractivity contribution in [2.45, 2.75) is 19.9 Å². The summed E-state index contributed by atoms with van der Waals surface area (Å²) in [4.78, 5) is 20.4. The van der Waals surface area contributed by atoms with Gasteiger partial charge in [0.15, 0.2) is 0 Å². The number of amides is 1. The predicted molar refractivity (Wildman–Crippen MR) is 58.8 cm³/mol. The van der Waals surface area contributed by atoms with E-state index in [9.17, 15) is 9.59 Å². The van der Waals surface area contributed by atoms with Crippen LogP contribution in [0.5, 0.6) is 0 Å². The van der Waals surface area contributed by atoms with E-state index in [2.05, 4.69) is 17.9 Å². The zero-order valence-corrected chi connectivity index (χ0v) is 9.37. The van der Waals surface area contributed by atoms with Gasteiger partial charge in [-0.1, -0.05) is 13.2 Å². The van der Waals surface area contributed by atoms with Gasteiger partial charge >= 0.3 is 5.97 Å². The van der Waals surface area contributed by atoms with E-state index in [4.69, 9.17) is 11.5 Å². The molecule has 5 nitrogen and oxygen atoms in total. The molecule has 4 N–H and O–H groups in total. The van der Waals surface area contributed by atoms with Crippen molar-refractivity contribution >= 4 is 11.9 Å². The third kappa shape index (κ3) is 8.70. The van der Waals surface area contributed by atoms with E-state index in [1.54, 1.807) is 13.8 Å². The van der Waals surface area contributed by atoms with E-state index < -0.39 is 11.9 Å². The number of carbonyl (C=O) groups is 2.